The van der Waals surface area contributed by atoms with Crippen LogP contribution in [0, 0.1) is 0 Å². The summed E-state index contributed by atoms with van der Waals surface area (Å²) < 4.78 is 18.4. The van der Waals surface area contributed by atoms with Gasteiger partial charge in [-0.05, 0) is 11.6 Å². The first-order chi connectivity index (χ1) is 14.1. The number of methoxy groups -OCH3 is 3. The highest BCUT2D eigenvalue weighted by molar-refractivity contribution is 5.88. The lowest BCUT2D eigenvalue weighted by atomic mass is 10.1. The highest BCUT2D eigenvalue weighted by Gasteiger charge is 2.14. The van der Waals surface area contributed by atoms with E-state index in [4.69, 9.17) is 14.2 Å². The number of hydrogen-bond donors (Lipinski definition) is 1. The van der Waals surface area contributed by atoms with E-state index < -0.39 is 0 Å². The number of aromatic nitrogens is 2. The Bertz CT molecular complexity index is 1130. The number of aryl methyl sites for hydroxylation is 1. The minimum atomic E-state index is 0.555. The number of nitrogens with one attached hydrogen (secondary N) is 1. The van der Waals surface area contributed by atoms with Crippen LogP contribution >= 0.6 is 0 Å². The van der Waals surface area contributed by atoms with E-state index in [1.807, 2.05) is 42.6 Å². The molecule has 4 rings (SSSR count). The zero-order valence-corrected chi connectivity index (χ0v) is 16.9. The second-order valence-electron chi connectivity index (χ2n) is 6.62. The highest BCUT2D eigenvalue weighted by Crippen LogP contribution is 2.40. The molecule has 0 aliphatic rings. The van der Waals surface area contributed by atoms with Gasteiger partial charge in [-0.1, -0.05) is 30.3 Å². The van der Waals surface area contributed by atoms with Crippen molar-refractivity contribution >= 4 is 22.4 Å². The number of ether oxygens (including phenoxy) is 3. The van der Waals surface area contributed by atoms with Crippen molar-refractivity contribution in [1.82, 2.24) is 9.55 Å². The van der Waals surface area contributed by atoms with Crippen LogP contribution in [-0.4, -0.2) is 30.9 Å². The van der Waals surface area contributed by atoms with Crippen LogP contribution < -0.4 is 19.5 Å². The highest BCUT2D eigenvalue weighted by atomic mass is 16.5. The summed E-state index contributed by atoms with van der Waals surface area (Å²) >= 11 is 0. The molecule has 2 aromatic carbocycles. The SMILES string of the molecule is COc1cc(Nc2cc3c(cn2)cc(-c2ccccc2)n3C)cc(OC)c1OC. The second-order valence-corrected chi connectivity index (χ2v) is 6.62. The fourth-order valence-corrected chi connectivity index (χ4v) is 3.49. The predicted octanol–water partition coefficient (Wildman–Crippen LogP) is 5.01. The van der Waals surface area contributed by atoms with E-state index in [1.54, 1.807) is 21.3 Å². The van der Waals surface area contributed by atoms with Gasteiger partial charge in [-0.3, -0.25) is 0 Å². The van der Waals surface area contributed by atoms with Crippen molar-refractivity contribution < 1.29 is 14.2 Å². The smallest absolute Gasteiger partial charge is 0.203 e. The third-order valence-electron chi connectivity index (χ3n) is 4.93. The van der Waals surface area contributed by atoms with E-state index in [9.17, 15) is 0 Å². The minimum Gasteiger partial charge on any atom is -0.493 e. The minimum absolute atomic E-state index is 0.555. The molecule has 0 unspecified atom stereocenters. The maximum Gasteiger partial charge on any atom is 0.203 e. The fraction of sp³-hybridized carbons (Fsp3) is 0.174. The lowest BCUT2D eigenvalue weighted by Gasteiger charge is -2.15. The zero-order valence-electron chi connectivity index (χ0n) is 16.9. The fourth-order valence-electron chi connectivity index (χ4n) is 3.49. The normalized spacial score (nSPS) is 10.8. The molecule has 6 heteroatoms. The van der Waals surface area contributed by atoms with Crippen molar-refractivity contribution in [2.75, 3.05) is 26.6 Å². The van der Waals surface area contributed by atoms with Crippen molar-refractivity contribution in [2.45, 2.75) is 0 Å². The summed E-state index contributed by atoms with van der Waals surface area (Å²) in [4.78, 5) is 4.57. The first kappa shape index (κ1) is 18.7. The summed E-state index contributed by atoms with van der Waals surface area (Å²) in [7, 11) is 6.84. The molecule has 29 heavy (non-hydrogen) atoms. The molecule has 1 N–H and O–H groups in total. The summed E-state index contributed by atoms with van der Waals surface area (Å²) in [6, 6.07) is 18.2. The van der Waals surface area contributed by atoms with Gasteiger partial charge in [-0.25, -0.2) is 4.98 Å². The van der Waals surface area contributed by atoms with Crippen molar-refractivity contribution in [3.05, 3.63) is 60.8 Å². The van der Waals surface area contributed by atoms with Gasteiger partial charge in [0.15, 0.2) is 11.5 Å². The maximum absolute atomic E-state index is 5.43. The van der Waals surface area contributed by atoms with Gasteiger partial charge in [0.2, 0.25) is 5.75 Å². The Kier molecular flexibility index (Phi) is 4.99. The third kappa shape index (κ3) is 3.45. The van der Waals surface area contributed by atoms with Gasteiger partial charge in [0.25, 0.3) is 0 Å². The van der Waals surface area contributed by atoms with Crippen LogP contribution in [0.25, 0.3) is 22.2 Å². The van der Waals surface area contributed by atoms with Gasteiger partial charge in [-0.2, -0.15) is 0 Å². The Hall–Kier alpha value is -3.67. The average molecular weight is 389 g/mol. The maximum atomic E-state index is 5.43. The molecule has 0 radical (unpaired) electrons. The number of rotatable bonds is 6. The number of anilines is 2. The average Bonchev–Trinajstić information content (AvgIpc) is 3.09. The molecule has 0 spiro atoms. The van der Waals surface area contributed by atoms with E-state index in [0.29, 0.717) is 17.2 Å². The molecule has 2 heterocycles. The Morgan fingerprint density at radius 1 is 0.862 bits per heavy atom. The van der Waals surface area contributed by atoms with Gasteiger partial charge in [0.1, 0.15) is 5.82 Å². The first-order valence-electron chi connectivity index (χ1n) is 9.22. The van der Waals surface area contributed by atoms with Gasteiger partial charge in [0, 0.05) is 48.2 Å². The van der Waals surface area contributed by atoms with E-state index in [0.717, 1.165) is 28.1 Å². The largest absolute Gasteiger partial charge is 0.493 e. The molecule has 0 aliphatic carbocycles. The van der Waals surface area contributed by atoms with Crippen LogP contribution in [0.1, 0.15) is 0 Å². The zero-order chi connectivity index (χ0) is 20.4. The lowest BCUT2D eigenvalue weighted by Crippen LogP contribution is -1.99. The van der Waals surface area contributed by atoms with Gasteiger partial charge in [0.05, 0.1) is 26.8 Å². The van der Waals surface area contributed by atoms with E-state index in [1.165, 1.54) is 5.56 Å². The van der Waals surface area contributed by atoms with Crippen molar-refractivity contribution in [1.29, 1.82) is 0 Å². The molecule has 0 atom stereocenters. The molecule has 0 saturated heterocycles. The lowest BCUT2D eigenvalue weighted by molar-refractivity contribution is 0.324. The Labute approximate surface area is 169 Å². The summed E-state index contributed by atoms with van der Waals surface area (Å²) in [5.41, 5.74) is 4.20. The molecule has 2 aromatic heterocycles. The van der Waals surface area contributed by atoms with Crippen molar-refractivity contribution in [2.24, 2.45) is 7.05 Å². The Morgan fingerprint density at radius 2 is 1.55 bits per heavy atom. The standard InChI is InChI=1S/C23H23N3O3/c1-26-18(15-8-6-5-7-9-15)10-16-14-24-22(13-19(16)26)25-17-11-20(27-2)23(29-4)21(12-17)28-3/h5-14H,1-4H3,(H,24,25). The quantitative estimate of drug-likeness (QED) is 0.502. The molecular weight excluding hydrogens is 366 g/mol. The van der Waals surface area contributed by atoms with Gasteiger partial charge >= 0.3 is 0 Å². The van der Waals surface area contributed by atoms with E-state index in [2.05, 4.69) is 40.1 Å². The molecule has 0 aliphatic heterocycles. The molecule has 4 aromatic rings. The van der Waals surface area contributed by atoms with Gasteiger partial charge in [-0.15, -0.1) is 0 Å². The van der Waals surface area contributed by atoms with Crippen molar-refractivity contribution in [3.8, 4) is 28.5 Å². The van der Waals surface area contributed by atoms with Crippen molar-refractivity contribution in [3.63, 3.8) is 0 Å². The van der Waals surface area contributed by atoms with Crippen LogP contribution in [0.15, 0.2) is 60.8 Å². The first-order valence-corrected chi connectivity index (χ1v) is 9.22. The topological polar surface area (TPSA) is 57.5 Å². The second kappa shape index (κ2) is 7.75. The predicted molar refractivity (Wildman–Crippen MR) is 116 cm³/mol. The Morgan fingerprint density at radius 3 is 2.17 bits per heavy atom. The summed E-state index contributed by atoms with van der Waals surface area (Å²) in [6.45, 7) is 0. The number of nitrogens with zero attached hydrogens (tertiary/aromatic N) is 2. The molecule has 0 saturated carbocycles. The molecule has 0 amide bonds. The number of hydrogen-bond acceptors (Lipinski definition) is 5. The summed E-state index contributed by atoms with van der Waals surface area (Å²) in [6.07, 6.45) is 1.88. The van der Waals surface area contributed by atoms with E-state index in [-0.39, 0.29) is 0 Å². The number of pyridine rings is 1. The molecule has 0 fully saturated rings. The molecule has 6 nitrogen and oxygen atoms in total. The van der Waals surface area contributed by atoms with Crippen LogP contribution in [-0.2, 0) is 7.05 Å². The Balaban J connectivity index is 1.72. The van der Waals surface area contributed by atoms with Crippen LogP contribution in [0.4, 0.5) is 11.5 Å². The summed E-state index contributed by atoms with van der Waals surface area (Å²) in [5, 5.41) is 4.42. The van der Waals surface area contributed by atoms with E-state index >= 15 is 0 Å². The third-order valence-corrected chi connectivity index (χ3v) is 4.93. The number of benzene rings is 2. The molecular formula is C23H23N3O3. The monoisotopic (exact) mass is 389 g/mol. The van der Waals surface area contributed by atoms with Crippen LogP contribution in [0.3, 0.4) is 0 Å². The van der Waals surface area contributed by atoms with Crippen LogP contribution in [0.5, 0.6) is 17.2 Å². The number of fused-ring (bicyclic) bond motifs is 1. The van der Waals surface area contributed by atoms with Gasteiger partial charge < -0.3 is 24.1 Å². The van der Waals surface area contributed by atoms with Crippen LogP contribution in [0.2, 0.25) is 0 Å². The molecule has 0 bridgehead atoms. The summed E-state index contributed by atoms with van der Waals surface area (Å²) in [5.74, 6) is 2.45. The molecule has 148 valence electrons.